The van der Waals surface area contributed by atoms with E-state index in [1.165, 1.54) is 5.56 Å². The minimum Gasteiger partial charge on any atom is -0.481 e. The van der Waals surface area contributed by atoms with E-state index in [4.69, 9.17) is 4.99 Å². The van der Waals surface area contributed by atoms with E-state index < -0.39 is 11.9 Å². The summed E-state index contributed by atoms with van der Waals surface area (Å²) in [6.07, 6.45) is 15.9. The van der Waals surface area contributed by atoms with Gasteiger partial charge in [0, 0.05) is 5.71 Å². The molecule has 5 unspecified atom stereocenters. The van der Waals surface area contributed by atoms with Gasteiger partial charge in [0.1, 0.15) is 5.92 Å². The third-order valence-electron chi connectivity index (χ3n) is 7.80. The Hall–Kier alpha value is -2.95. The second kappa shape index (κ2) is 11.7. The molecule has 2 heterocycles. The van der Waals surface area contributed by atoms with Crippen molar-refractivity contribution in [2.24, 2.45) is 28.7 Å². The first kappa shape index (κ1) is 25.2. The molecule has 5 nitrogen and oxygen atoms in total. The van der Waals surface area contributed by atoms with Crippen LogP contribution >= 0.6 is 0 Å². The molecule has 35 heavy (non-hydrogen) atoms. The molecule has 0 saturated carbocycles. The van der Waals surface area contributed by atoms with Crippen LogP contribution in [0.15, 0.2) is 70.9 Å². The van der Waals surface area contributed by atoms with E-state index >= 15 is 0 Å². The van der Waals surface area contributed by atoms with Crippen molar-refractivity contribution in [3.63, 3.8) is 0 Å². The molecule has 1 aliphatic carbocycles. The van der Waals surface area contributed by atoms with E-state index in [0.717, 1.165) is 56.2 Å². The van der Waals surface area contributed by atoms with Gasteiger partial charge < -0.3 is 10.4 Å². The first-order chi connectivity index (χ1) is 17.0. The molecular weight excluding hydrogens is 436 g/mol. The molecule has 1 aromatic rings. The highest BCUT2D eigenvalue weighted by atomic mass is 16.4. The van der Waals surface area contributed by atoms with Crippen LogP contribution in [0.3, 0.4) is 0 Å². The Morgan fingerprint density at radius 2 is 1.89 bits per heavy atom. The van der Waals surface area contributed by atoms with Gasteiger partial charge in [-0.05, 0) is 55.1 Å². The summed E-state index contributed by atoms with van der Waals surface area (Å²) >= 11 is 0. The Morgan fingerprint density at radius 3 is 2.57 bits per heavy atom. The quantitative estimate of drug-likeness (QED) is 0.416. The fourth-order valence-corrected chi connectivity index (χ4v) is 6.00. The van der Waals surface area contributed by atoms with Crippen LogP contribution in [0.5, 0.6) is 0 Å². The first-order valence-corrected chi connectivity index (χ1v) is 13.2. The predicted molar refractivity (Wildman–Crippen MR) is 140 cm³/mol. The van der Waals surface area contributed by atoms with Crippen molar-refractivity contribution in [1.82, 2.24) is 5.32 Å². The highest BCUT2D eigenvalue weighted by Gasteiger charge is 2.46. The zero-order chi connectivity index (χ0) is 24.8. The molecule has 0 spiro atoms. The molecule has 0 radical (unpaired) electrons. The highest BCUT2D eigenvalue weighted by molar-refractivity contribution is 6.04. The number of carbonyl (C=O) groups is 2. The molecule has 5 atom stereocenters. The summed E-state index contributed by atoms with van der Waals surface area (Å²) in [7, 11) is 0. The van der Waals surface area contributed by atoms with Crippen LogP contribution in [0, 0.1) is 23.7 Å². The smallest absolute Gasteiger partial charge is 0.312 e. The zero-order valence-corrected chi connectivity index (χ0v) is 21.0. The number of hydrogen-bond donors (Lipinski definition) is 2. The number of aliphatic carboxylic acids is 1. The minimum absolute atomic E-state index is 0.0305. The number of carbonyl (C=O) groups excluding carboxylic acids is 1. The van der Waals surface area contributed by atoms with Crippen LogP contribution in [-0.2, 0) is 16.0 Å². The minimum atomic E-state index is -0.821. The molecule has 0 aromatic heterocycles. The van der Waals surface area contributed by atoms with Crippen molar-refractivity contribution < 1.29 is 14.7 Å². The molecule has 2 N–H and O–H groups in total. The van der Waals surface area contributed by atoms with Gasteiger partial charge >= 0.3 is 5.97 Å². The van der Waals surface area contributed by atoms with Crippen molar-refractivity contribution in [1.29, 1.82) is 0 Å². The van der Waals surface area contributed by atoms with Crippen molar-refractivity contribution >= 4 is 17.6 Å². The van der Waals surface area contributed by atoms with Crippen LogP contribution in [-0.4, -0.2) is 28.7 Å². The van der Waals surface area contributed by atoms with Gasteiger partial charge in [0.05, 0.1) is 17.7 Å². The molecule has 4 rings (SSSR count). The molecule has 0 bridgehead atoms. The largest absolute Gasteiger partial charge is 0.481 e. The van der Waals surface area contributed by atoms with Gasteiger partial charge in [0.2, 0.25) is 5.91 Å². The topological polar surface area (TPSA) is 78.8 Å². The van der Waals surface area contributed by atoms with Crippen molar-refractivity contribution in [3.05, 3.63) is 71.5 Å². The second-order valence-electron chi connectivity index (χ2n) is 10.1. The molecule has 1 amide bonds. The lowest BCUT2D eigenvalue weighted by Gasteiger charge is -2.42. The summed E-state index contributed by atoms with van der Waals surface area (Å²) in [5.74, 6) is -1.89. The van der Waals surface area contributed by atoms with Gasteiger partial charge in [-0.3, -0.25) is 14.6 Å². The number of nitrogens with one attached hydrogen (secondary N) is 1. The normalized spacial score (nSPS) is 27.9. The standard InChI is InChI=1S/C30H38N2O3/c1-3-23-26(30(34)35)20(2)25-24(19-13-5-4-8-14-21-15-9-6-10-16-21)32-29(33)27(28(25)31-23)22-17-11-7-12-18-22/h6-7,9-12,15-17,20,22,24,26-27H,3-5,8,13-14,18-19H2,1-2H3,(H,32,33)(H,34,35). The second-order valence-corrected chi connectivity index (χ2v) is 10.1. The average Bonchev–Trinajstić information content (AvgIpc) is 2.86. The summed E-state index contributed by atoms with van der Waals surface area (Å²) in [5, 5.41) is 13.3. The van der Waals surface area contributed by atoms with Gasteiger partial charge in [-0.1, -0.05) is 87.7 Å². The van der Waals surface area contributed by atoms with Crippen LogP contribution < -0.4 is 5.32 Å². The summed E-state index contributed by atoms with van der Waals surface area (Å²) < 4.78 is 0. The number of benzene rings is 1. The van der Waals surface area contributed by atoms with Gasteiger partial charge in [-0.15, -0.1) is 0 Å². The van der Waals surface area contributed by atoms with E-state index in [-0.39, 0.29) is 29.7 Å². The number of aryl methyl sites for hydroxylation is 1. The molecule has 0 saturated heterocycles. The number of rotatable bonds is 10. The van der Waals surface area contributed by atoms with Crippen LogP contribution in [0.25, 0.3) is 0 Å². The van der Waals surface area contributed by atoms with E-state index in [9.17, 15) is 14.7 Å². The van der Waals surface area contributed by atoms with Gasteiger partial charge in [0.25, 0.3) is 0 Å². The van der Waals surface area contributed by atoms with Gasteiger partial charge in [-0.2, -0.15) is 0 Å². The number of unbranched alkanes of at least 4 members (excludes halogenated alkanes) is 3. The number of amides is 1. The Balaban J connectivity index is 1.49. The molecule has 186 valence electrons. The van der Waals surface area contributed by atoms with E-state index in [1.54, 1.807) is 0 Å². The number of aliphatic imine (C=N–C) groups is 1. The van der Waals surface area contributed by atoms with Crippen molar-refractivity contribution in [3.8, 4) is 0 Å². The Labute approximate surface area is 209 Å². The third-order valence-corrected chi connectivity index (χ3v) is 7.80. The number of hydrogen-bond acceptors (Lipinski definition) is 3. The number of carboxylic acids is 1. The lowest BCUT2D eigenvalue weighted by atomic mass is 9.70. The maximum Gasteiger partial charge on any atom is 0.312 e. The fraction of sp³-hybridized carbons (Fsp3) is 0.500. The summed E-state index contributed by atoms with van der Waals surface area (Å²) in [4.78, 5) is 30.5. The number of allylic oxidation sites excluding steroid dienone is 4. The maximum atomic E-state index is 13.4. The lowest BCUT2D eigenvalue weighted by Crippen LogP contribution is -2.52. The predicted octanol–water partition coefficient (Wildman–Crippen LogP) is 5.88. The average molecular weight is 475 g/mol. The summed E-state index contributed by atoms with van der Waals surface area (Å²) in [5.41, 5.74) is 3.96. The monoisotopic (exact) mass is 474 g/mol. The third kappa shape index (κ3) is 5.66. The SMILES string of the molecule is CCC1=NC2=C(C(CCCCCCc3ccccc3)NC(=O)C2C2C=CC=CC2)C(C)C1C(=O)O. The molecule has 2 aliphatic heterocycles. The molecule has 5 heteroatoms. The summed E-state index contributed by atoms with van der Waals surface area (Å²) in [6, 6.07) is 10.4. The zero-order valence-electron chi connectivity index (χ0n) is 21.0. The molecular formula is C30H38N2O3. The van der Waals surface area contributed by atoms with E-state index in [2.05, 4.69) is 41.7 Å². The first-order valence-electron chi connectivity index (χ1n) is 13.2. The molecule has 3 aliphatic rings. The maximum absolute atomic E-state index is 13.4. The molecule has 0 fully saturated rings. The lowest BCUT2D eigenvalue weighted by molar-refractivity contribution is -0.140. The Kier molecular flexibility index (Phi) is 8.37. The van der Waals surface area contributed by atoms with E-state index in [1.807, 2.05) is 32.1 Å². The Bertz CT molecular complexity index is 1040. The van der Waals surface area contributed by atoms with Crippen molar-refractivity contribution in [2.75, 3.05) is 0 Å². The van der Waals surface area contributed by atoms with Crippen molar-refractivity contribution in [2.45, 2.75) is 71.3 Å². The molecule has 1 aromatic carbocycles. The summed E-state index contributed by atoms with van der Waals surface area (Å²) in [6.45, 7) is 3.97. The van der Waals surface area contributed by atoms with Gasteiger partial charge in [0.15, 0.2) is 0 Å². The number of nitrogens with zero attached hydrogens (tertiary/aromatic N) is 1. The Morgan fingerprint density at radius 1 is 1.11 bits per heavy atom. The fourth-order valence-electron chi connectivity index (χ4n) is 6.00. The number of carboxylic acid groups (broad SMARTS) is 1. The van der Waals surface area contributed by atoms with E-state index in [0.29, 0.717) is 12.1 Å². The van der Waals surface area contributed by atoms with Crippen LogP contribution in [0.4, 0.5) is 0 Å². The highest BCUT2D eigenvalue weighted by Crippen LogP contribution is 2.43. The van der Waals surface area contributed by atoms with Crippen LogP contribution in [0.1, 0.15) is 64.4 Å². The van der Waals surface area contributed by atoms with Crippen LogP contribution in [0.2, 0.25) is 0 Å². The van der Waals surface area contributed by atoms with Gasteiger partial charge in [-0.25, -0.2) is 0 Å².